The Kier molecular flexibility index (Phi) is 11.3. The van der Waals surface area contributed by atoms with Gasteiger partial charge >= 0.3 is 0 Å². The van der Waals surface area contributed by atoms with E-state index in [1.54, 1.807) is 43.3 Å². The molecule has 2 amide bonds. The number of carbonyl (C=O) groups is 2. The molecule has 0 aliphatic rings. The first kappa shape index (κ1) is 32.8. The number of hydrogen-bond acceptors (Lipinski definition) is 6. The van der Waals surface area contributed by atoms with Gasteiger partial charge in [0.15, 0.2) is 0 Å². The minimum atomic E-state index is -4.30. The topological polar surface area (TPSA) is 130 Å². The quantitative estimate of drug-likeness (QED) is 0.186. The van der Waals surface area contributed by atoms with Crippen LogP contribution in [0.2, 0.25) is 10.0 Å². The molecule has 3 aromatic rings. The Balaban J connectivity index is 2.08. The van der Waals surface area contributed by atoms with Gasteiger partial charge in [0.05, 0.1) is 25.6 Å². The standard InChI is InChI=1S/C29H32Cl2N4O6S/c1-4-20(3)32-29(37)27(5-2)33(18-21-11-16-25(30)26(31)17-21)28(36)19-34(22-12-14-23(15-13-22)35(38)39)42(40,41)24-9-7-6-8-10-24/h6-17,20,27H,4-5,18-19H2,1-3H3,(H,32,37)/t20-,27+/m0/s1. The van der Waals surface area contributed by atoms with Crippen molar-refractivity contribution < 1.29 is 22.9 Å². The summed E-state index contributed by atoms with van der Waals surface area (Å²) in [5, 5.41) is 14.7. The van der Waals surface area contributed by atoms with Gasteiger partial charge in [-0.2, -0.15) is 0 Å². The molecule has 3 aromatic carbocycles. The lowest BCUT2D eigenvalue weighted by molar-refractivity contribution is -0.384. The molecule has 0 saturated heterocycles. The predicted molar refractivity (Wildman–Crippen MR) is 163 cm³/mol. The van der Waals surface area contributed by atoms with E-state index in [0.717, 1.165) is 16.4 Å². The molecule has 0 saturated carbocycles. The van der Waals surface area contributed by atoms with E-state index in [2.05, 4.69) is 5.32 Å². The van der Waals surface area contributed by atoms with Gasteiger partial charge in [-0.3, -0.25) is 24.0 Å². The molecule has 0 aliphatic heterocycles. The van der Waals surface area contributed by atoms with E-state index in [0.29, 0.717) is 17.0 Å². The zero-order chi connectivity index (χ0) is 31.0. The SMILES string of the molecule is CC[C@H](C(=O)N[C@@H](C)CC)N(Cc1ccc(Cl)c(Cl)c1)C(=O)CN(c1ccc([N+](=O)[O-])cc1)S(=O)(=O)c1ccccc1. The predicted octanol–water partition coefficient (Wildman–Crippen LogP) is 5.82. The summed E-state index contributed by atoms with van der Waals surface area (Å²) < 4.78 is 28.5. The Morgan fingerprint density at radius 1 is 0.952 bits per heavy atom. The molecule has 0 unspecified atom stereocenters. The normalized spacial score (nSPS) is 12.7. The van der Waals surface area contributed by atoms with Gasteiger partial charge < -0.3 is 10.2 Å². The fourth-order valence-electron chi connectivity index (χ4n) is 4.18. The molecule has 0 bridgehead atoms. The second-order valence-corrected chi connectivity index (χ2v) is 12.3. The fourth-order valence-corrected chi connectivity index (χ4v) is 5.94. The van der Waals surface area contributed by atoms with Crippen molar-refractivity contribution in [2.45, 2.75) is 57.1 Å². The second kappa shape index (κ2) is 14.5. The summed E-state index contributed by atoms with van der Waals surface area (Å²) in [7, 11) is -4.30. The van der Waals surface area contributed by atoms with Crippen LogP contribution < -0.4 is 9.62 Å². The number of hydrogen-bond donors (Lipinski definition) is 1. The average Bonchev–Trinajstić information content (AvgIpc) is 2.97. The van der Waals surface area contributed by atoms with E-state index >= 15 is 0 Å². The minimum absolute atomic E-state index is 0.0457. The lowest BCUT2D eigenvalue weighted by Gasteiger charge is -2.33. The van der Waals surface area contributed by atoms with Crippen LogP contribution in [0.3, 0.4) is 0 Å². The van der Waals surface area contributed by atoms with Crippen LogP contribution in [-0.2, 0) is 26.2 Å². The highest BCUT2D eigenvalue weighted by molar-refractivity contribution is 7.92. The molecule has 42 heavy (non-hydrogen) atoms. The summed E-state index contributed by atoms with van der Waals surface area (Å²) >= 11 is 12.3. The molecule has 13 heteroatoms. The van der Waals surface area contributed by atoms with Crippen LogP contribution >= 0.6 is 23.2 Å². The van der Waals surface area contributed by atoms with Crippen LogP contribution in [0.5, 0.6) is 0 Å². The molecular weight excluding hydrogens is 603 g/mol. The highest BCUT2D eigenvalue weighted by atomic mass is 35.5. The summed E-state index contributed by atoms with van der Waals surface area (Å²) in [5.41, 5.74) is 0.390. The number of halogens is 2. The number of benzene rings is 3. The first-order valence-corrected chi connectivity index (χ1v) is 15.4. The van der Waals surface area contributed by atoms with Crippen molar-refractivity contribution in [3.05, 3.63) is 98.5 Å². The first-order chi connectivity index (χ1) is 19.9. The zero-order valence-corrected chi connectivity index (χ0v) is 25.7. The summed E-state index contributed by atoms with van der Waals surface area (Å²) in [6, 6.07) is 16.1. The summed E-state index contributed by atoms with van der Waals surface area (Å²) in [6.45, 7) is 4.79. The number of nitro benzene ring substituents is 1. The molecule has 10 nitrogen and oxygen atoms in total. The Labute approximate surface area is 255 Å². The van der Waals surface area contributed by atoms with Crippen molar-refractivity contribution in [1.29, 1.82) is 0 Å². The summed E-state index contributed by atoms with van der Waals surface area (Å²) in [5.74, 6) is -1.04. The van der Waals surface area contributed by atoms with E-state index in [9.17, 15) is 28.1 Å². The maximum Gasteiger partial charge on any atom is 0.269 e. The molecule has 0 aliphatic carbocycles. The van der Waals surface area contributed by atoms with Crippen molar-refractivity contribution in [3.63, 3.8) is 0 Å². The van der Waals surface area contributed by atoms with E-state index in [1.165, 1.54) is 29.2 Å². The van der Waals surface area contributed by atoms with E-state index in [1.807, 2.05) is 13.8 Å². The molecule has 0 aromatic heterocycles. The lowest BCUT2D eigenvalue weighted by atomic mass is 10.1. The number of non-ortho nitro benzene ring substituents is 1. The Hall–Kier alpha value is -3.67. The van der Waals surface area contributed by atoms with Gasteiger partial charge in [-0.05, 0) is 61.7 Å². The third-order valence-corrected chi connectivity index (χ3v) is 9.21. The smallest absolute Gasteiger partial charge is 0.269 e. The molecule has 0 radical (unpaired) electrons. The van der Waals surface area contributed by atoms with Crippen LogP contribution in [0.15, 0.2) is 77.7 Å². The largest absolute Gasteiger partial charge is 0.352 e. The van der Waals surface area contributed by atoms with E-state index in [-0.39, 0.29) is 46.2 Å². The van der Waals surface area contributed by atoms with Gasteiger partial charge in [0.25, 0.3) is 15.7 Å². The fraction of sp³-hybridized carbons (Fsp3) is 0.310. The van der Waals surface area contributed by atoms with Gasteiger partial charge in [0.1, 0.15) is 12.6 Å². The summed E-state index contributed by atoms with van der Waals surface area (Å²) in [6.07, 6.45) is 0.921. The van der Waals surface area contributed by atoms with Crippen LogP contribution in [0, 0.1) is 10.1 Å². The highest BCUT2D eigenvalue weighted by Crippen LogP contribution is 2.28. The third kappa shape index (κ3) is 7.99. The van der Waals surface area contributed by atoms with Gasteiger partial charge in [-0.25, -0.2) is 8.42 Å². The van der Waals surface area contributed by atoms with Gasteiger partial charge in [0.2, 0.25) is 11.8 Å². The lowest BCUT2D eigenvalue weighted by Crippen LogP contribution is -2.53. The molecule has 0 heterocycles. The minimum Gasteiger partial charge on any atom is -0.352 e. The van der Waals surface area contributed by atoms with Crippen LogP contribution in [-0.4, -0.2) is 48.7 Å². The second-order valence-electron chi connectivity index (χ2n) is 9.61. The number of nitro groups is 1. The Morgan fingerprint density at radius 3 is 2.14 bits per heavy atom. The van der Waals surface area contributed by atoms with Gasteiger partial charge in [-0.1, -0.05) is 61.3 Å². The molecule has 0 spiro atoms. The molecule has 0 fully saturated rings. The highest BCUT2D eigenvalue weighted by Gasteiger charge is 2.34. The van der Waals surface area contributed by atoms with Crippen LogP contribution in [0.4, 0.5) is 11.4 Å². The van der Waals surface area contributed by atoms with Crippen molar-refractivity contribution in [1.82, 2.24) is 10.2 Å². The molecular formula is C29H32Cl2N4O6S. The average molecular weight is 636 g/mol. The number of amides is 2. The number of sulfonamides is 1. The monoisotopic (exact) mass is 634 g/mol. The zero-order valence-electron chi connectivity index (χ0n) is 23.4. The molecule has 3 rings (SSSR count). The van der Waals surface area contributed by atoms with Crippen LogP contribution in [0.25, 0.3) is 0 Å². The first-order valence-electron chi connectivity index (χ1n) is 13.2. The van der Waals surface area contributed by atoms with Crippen LogP contribution in [0.1, 0.15) is 39.2 Å². The maximum absolute atomic E-state index is 14.1. The molecule has 224 valence electrons. The van der Waals surface area contributed by atoms with Gasteiger partial charge in [-0.15, -0.1) is 0 Å². The summed E-state index contributed by atoms with van der Waals surface area (Å²) in [4.78, 5) is 39.2. The number of carbonyl (C=O) groups excluding carboxylic acids is 2. The molecule has 2 atom stereocenters. The maximum atomic E-state index is 14.1. The van der Waals surface area contributed by atoms with Crippen molar-refractivity contribution in [2.75, 3.05) is 10.8 Å². The number of rotatable bonds is 13. The van der Waals surface area contributed by atoms with Crippen molar-refractivity contribution >= 4 is 56.4 Å². The Bertz CT molecular complexity index is 1520. The molecule has 1 N–H and O–H groups in total. The Morgan fingerprint density at radius 2 is 1.60 bits per heavy atom. The van der Waals surface area contributed by atoms with Crippen molar-refractivity contribution in [3.8, 4) is 0 Å². The van der Waals surface area contributed by atoms with E-state index in [4.69, 9.17) is 23.2 Å². The third-order valence-electron chi connectivity index (χ3n) is 6.68. The number of anilines is 1. The number of nitrogens with zero attached hydrogens (tertiary/aromatic N) is 3. The van der Waals surface area contributed by atoms with Gasteiger partial charge in [0, 0.05) is 24.7 Å². The number of nitrogens with one attached hydrogen (secondary N) is 1. The van der Waals surface area contributed by atoms with E-state index < -0.39 is 33.4 Å². The van der Waals surface area contributed by atoms with Crippen molar-refractivity contribution in [2.24, 2.45) is 0 Å².